The van der Waals surface area contributed by atoms with Gasteiger partial charge in [-0.15, -0.1) is 0 Å². The van der Waals surface area contributed by atoms with Crippen molar-refractivity contribution in [3.05, 3.63) is 23.8 Å². The molecule has 25 heavy (non-hydrogen) atoms. The Balaban J connectivity index is 2.67. The molecule has 1 rings (SSSR count). The van der Waals surface area contributed by atoms with Crippen LogP contribution in [-0.4, -0.2) is 58.4 Å². The molecule has 0 bridgehead atoms. The van der Waals surface area contributed by atoms with Crippen molar-refractivity contribution in [1.29, 1.82) is 0 Å². The maximum Gasteiger partial charge on any atom is 0.194 e. The summed E-state index contributed by atoms with van der Waals surface area (Å²) in [6.07, 6.45) is 2.25. The van der Waals surface area contributed by atoms with Gasteiger partial charge in [-0.2, -0.15) is 0 Å². The second-order valence-corrected chi connectivity index (χ2v) is 5.74. The Morgan fingerprint density at radius 1 is 1.16 bits per heavy atom. The van der Waals surface area contributed by atoms with Gasteiger partial charge in [0.15, 0.2) is 5.96 Å². The molecule has 0 heterocycles. The molecule has 6 nitrogen and oxygen atoms in total. The zero-order valence-corrected chi connectivity index (χ0v) is 16.3. The minimum atomic E-state index is 0.647. The standard InChI is InChI=1S/C19H33N3O3/c1-6-8-12-25-13-11-21-19(20-7-2)22(3)15-16-9-10-17(23-4)14-18(16)24-5/h9-10,14H,6-8,11-13,15H2,1-5H3,(H,20,21). The first kappa shape index (κ1) is 21.1. The lowest BCUT2D eigenvalue weighted by Crippen LogP contribution is -2.38. The third-order valence-corrected chi connectivity index (χ3v) is 3.74. The molecule has 0 unspecified atom stereocenters. The number of unbranched alkanes of at least 4 members (excludes halogenated alkanes) is 1. The fourth-order valence-electron chi connectivity index (χ4n) is 2.35. The molecule has 0 fully saturated rings. The smallest absolute Gasteiger partial charge is 0.194 e. The van der Waals surface area contributed by atoms with E-state index in [0.717, 1.165) is 49.0 Å². The highest BCUT2D eigenvalue weighted by molar-refractivity contribution is 5.79. The molecule has 6 heteroatoms. The van der Waals surface area contributed by atoms with E-state index >= 15 is 0 Å². The van der Waals surface area contributed by atoms with E-state index in [1.807, 2.05) is 25.2 Å². The average molecular weight is 351 g/mol. The third-order valence-electron chi connectivity index (χ3n) is 3.74. The Kier molecular flexibility index (Phi) is 10.5. The molecule has 0 radical (unpaired) electrons. The summed E-state index contributed by atoms with van der Waals surface area (Å²) in [5.74, 6) is 2.46. The number of rotatable bonds is 11. The summed E-state index contributed by atoms with van der Waals surface area (Å²) < 4.78 is 16.3. The molecule has 0 aliphatic carbocycles. The first-order valence-electron chi connectivity index (χ1n) is 8.94. The van der Waals surface area contributed by atoms with Crippen molar-refractivity contribution in [2.75, 3.05) is 47.6 Å². The molecule has 1 N–H and O–H groups in total. The summed E-state index contributed by atoms with van der Waals surface area (Å²) in [5, 5.41) is 3.32. The predicted molar refractivity (Wildman–Crippen MR) is 103 cm³/mol. The van der Waals surface area contributed by atoms with Crippen LogP contribution in [-0.2, 0) is 11.3 Å². The molecule has 0 aliphatic heterocycles. The van der Waals surface area contributed by atoms with Crippen LogP contribution in [0.4, 0.5) is 0 Å². The number of nitrogens with zero attached hydrogens (tertiary/aromatic N) is 2. The minimum Gasteiger partial charge on any atom is -0.497 e. The average Bonchev–Trinajstić information content (AvgIpc) is 2.63. The SMILES string of the molecule is CCCCOCCN=C(NCC)N(C)Cc1ccc(OC)cc1OC. The molecule has 0 amide bonds. The maximum absolute atomic E-state index is 5.58. The molecule has 0 aromatic heterocycles. The van der Waals surface area contributed by atoms with Gasteiger partial charge in [0.2, 0.25) is 0 Å². The summed E-state index contributed by atoms with van der Waals surface area (Å²) in [7, 11) is 5.34. The molecule has 0 saturated heterocycles. The van der Waals surface area contributed by atoms with Crippen LogP contribution in [0.5, 0.6) is 11.5 Å². The third kappa shape index (κ3) is 7.65. The van der Waals surface area contributed by atoms with Gasteiger partial charge in [-0.1, -0.05) is 13.3 Å². The normalized spacial score (nSPS) is 11.3. The van der Waals surface area contributed by atoms with Crippen molar-refractivity contribution in [1.82, 2.24) is 10.2 Å². The quantitative estimate of drug-likeness (QED) is 0.377. The summed E-state index contributed by atoms with van der Waals surface area (Å²) in [6.45, 7) is 7.84. The molecular formula is C19H33N3O3. The second kappa shape index (κ2) is 12.4. The lowest BCUT2D eigenvalue weighted by atomic mass is 10.2. The van der Waals surface area contributed by atoms with Gasteiger partial charge in [0.25, 0.3) is 0 Å². The fraction of sp³-hybridized carbons (Fsp3) is 0.632. The van der Waals surface area contributed by atoms with E-state index in [9.17, 15) is 0 Å². The topological polar surface area (TPSA) is 55.3 Å². The van der Waals surface area contributed by atoms with Gasteiger partial charge < -0.3 is 24.4 Å². The number of methoxy groups -OCH3 is 2. The van der Waals surface area contributed by atoms with Crippen molar-refractivity contribution in [2.45, 2.75) is 33.2 Å². The Labute approximate surface area is 152 Å². The summed E-state index contributed by atoms with van der Waals surface area (Å²) in [5.41, 5.74) is 1.08. The summed E-state index contributed by atoms with van der Waals surface area (Å²) in [4.78, 5) is 6.72. The number of guanidine groups is 1. The van der Waals surface area contributed by atoms with E-state index in [4.69, 9.17) is 14.2 Å². The fourth-order valence-corrected chi connectivity index (χ4v) is 2.35. The van der Waals surface area contributed by atoms with Crippen molar-refractivity contribution >= 4 is 5.96 Å². The number of hydrogen-bond donors (Lipinski definition) is 1. The van der Waals surface area contributed by atoms with Gasteiger partial charge in [-0.3, -0.25) is 4.99 Å². The summed E-state index contributed by atoms with van der Waals surface area (Å²) >= 11 is 0. The van der Waals surface area contributed by atoms with E-state index in [0.29, 0.717) is 19.7 Å². The van der Waals surface area contributed by atoms with E-state index in [2.05, 4.69) is 29.1 Å². The molecule has 0 spiro atoms. The van der Waals surface area contributed by atoms with E-state index < -0.39 is 0 Å². The van der Waals surface area contributed by atoms with Gasteiger partial charge >= 0.3 is 0 Å². The van der Waals surface area contributed by atoms with Crippen LogP contribution in [0.2, 0.25) is 0 Å². The zero-order valence-electron chi connectivity index (χ0n) is 16.3. The van der Waals surface area contributed by atoms with Crippen LogP contribution in [0.1, 0.15) is 32.3 Å². The molecular weight excluding hydrogens is 318 g/mol. The van der Waals surface area contributed by atoms with Gasteiger partial charge in [-0.25, -0.2) is 0 Å². The van der Waals surface area contributed by atoms with Gasteiger partial charge in [0.1, 0.15) is 11.5 Å². The van der Waals surface area contributed by atoms with Crippen molar-refractivity contribution in [2.24, 2.45) is 4.99 Å². The number of benzene rings is 1. The Bertz CT molecular complexity index is 521. The number of aliphatic imine (C=N–C) groups is 1. The first-order chi connectivity index (χ1) is 12.2. The molecule has 1 aromatic rings. The zero-order chi connectivity index (χ0) is 18.5. The van der Waals surface area contributed by atoms with E-state index in [1.54, 1.807) is 14.2 Å². The highest BCUT2D eigenvalue weighted by Crippen LogP contribution is 2.25. The number of hydrogen-bond acceptors (Lipinski definition) is 4. The van der Waals surface area contributed by atoms with E-state index in [1.165, 1.54) is 0 Å². The van der Waals surface area contributed by atoms with E-state index in [-0.39, 0.29) is 0 Å². The Morgan fingerprint density at radius 3 is 2.60 bits per heavy atom. The molecule has 142 valence electrons. The molecule has 0 saturated carbocycles. The maximum atomic E-state index is 5.58. The van der Waals surface area contributed by atoms with Crippen molar-refractivity contribution in [3.63, 3.8) is 0 Å². The van der Waals surface area contributed by atoms with Crippen LogP contribution in [0.25, 0.3) is 0 Å². The second-order valence-electron chi connectivity index (χ2n) is 5.74. The van der Waals surface area contributed by atoms with Gasteiger partial charge in [-0.05, 0) is 25.5 Å². The highest BCUT2D eigenvalue weighted by Gasteiger charge is 2.11. The van der Waals surface area contributed by atoms with Crippen LogP contribution < -0.4 is 14.8 Å². The molecule has 1 aromatic carbocycles. The number of nitrogens with one attached hydrogen (secondary N) is 1. The molecule has 0 atom stereocenters. The van der Waals surface area contributed by atoms with Crippen molar-refractivity contribution < 1.29 is 14.2 Å². The van der Waals surface area contributed by atoms with Crippen LogP contribution in [0, 0.1) is 0 Å². The summed E-state index contributed by atoms with van der Waals surface area (Å²) in [6, 6.07) is 5.86. The Morgan fingerprint density at radius 2 is 1.96 bits per heavy atom. The lowest BCUT2D eigenvalue weighted by Gasteiger charge is -2.23. The minimum absolute atomic E-state index is 0.647. The van der Waals surface area contributed by atoms with Crippen LogP contribution >= 0.6 is 0 Å². The highest BCUT2D eigenvalue weighted by atomic mass is 16.5. The monoisotopic (exact) mass is 351 g/mol. The van der Waals surface area contributed by atoms with Gasteiger partial charge in [0.05, 0.1) is 27.4 Å². The van der Waals surface area contributed by atoms with Crippen LogP contribution in [0.15, 0.2) is 23.2 Å². The molecule has 0 aliphatic rings. The Hall–Kier alpha value is -1.95. The largest absolute Gasteiger partial charge is 0.497 e. The lowest BCUT2D eigenvalue weighted by molar-refractivity contribution is 0.138. The first-order valence-corrected chi connectivity index (χ1v) is 8.94. The van der Waals surface area contributed by atoms with Crippen LogP contribution in [0.3, 0.4) is 0 Å². The van der Waals surface area contributed by atoms with Crippen molar-refractivity contribution in [3.8, 4) is 11.5 Å². The number of ether oxygens (including phenoxy) is 3. The van der Waals surface area contributed by atoms with Gasteiger partial charge in [0, 0.05) is 38.4 Å². The predicted octanol–water partition coefficient (Wildman–Crippen LogP) is 2.92.